The Hall–Kier alpha value is -0.410. The third kappa shape index (κ3) is 1.23. The highest BCUT2D eigenvalue weighted by atomic mass is 79.9. The van der Waals surface area contributed by atoms with Crippen molar-refractivity contribution in [1.82, 2.24) is 0 Å². The van der Waals surface area contributed by atoms with E-state index in [4.69, 9.17) is 5.73 Å². The van der Waals surface area contributed by atoms with Gasteiger partial charge in [-0.2, -0.15) is 0 Å². The van der Waals surface area contributed by atoms with Crippen molar-refractivity contribution in [3.8, 4) is 0 Å². The molecule has 0 radical (unpaired) electrons. The van der Waals surface area contributed by atoms with Crippen LogP contribution in [0.5, 0.6) is 0 Å². The van der Waals surface area contributed by atoms with Crippen molar-refractivity contribution < 1.29 is 4.39 Å². The number of nitrogens with two attached hydrogens (primary N) is 1. The Kier molecular flexibility index (Phi) is 1.99. The number of hydrogen-bond donors (Lipinski definition) is 1. The summed E-state index contributed by atoms with van der Waals surface area (Å²) in [6.07, 6.45) is 3.75. The van der Waals surface area contributed by atoms with Crippen LogP contribution in [0.1, 0.15) is 24.8 Å². The van der Waals surface area contributed by atoms with Crippen molar-refractivity contribution in [2.45, 2.75) is 24.8 Å². The van der Waals surface area contributed by atoms with Gasteiger partial charge in [0.2, 0.25) is 0 Å². The summed E-state index contributed by atoms with van der Waals surface area (Å²) in [4.78, 5) is 0. The summed E-state index contributed by atoms with van der Waals surface area (Å²) in [5, 5.41) is 0. The van der Waals surface area contributed by atoms with Crippen molar-refractivity contribution in [1.29, 1.82) is 0 Å². The van der Waals surface area contributed by atoms with Gasteiger partial charge in [-0.25, -0.2) is 4.39 Å². The monoisotopic (exact) mass is 269 g/mol. The zero-order chi connectivity index (χ0) is 10.6. The predicted molar refractivity (Wildman–Crippen MR) is 60.8 cm³/mol. The Morgan fingerprint density at radius 2 is 2.00 bits per heavy atom. The summed E-state index contributed by atoms with van der Waals surface area (Å²) in [6, 6.07) is 4.85. The third-order valence-electron chi connectivity index (χ3n) is 4.03. The van der Waals surface area contributed by atoms with Gasteiger partial charge in [-0.1, -0.05) is 28.4 Å². The average Bonchev–Trinajstić information content (AvgIpc) is 2.63. The lowest BCUT2D eigenvalue weighted by Gasteiger charge is -2.17. The number of halogens is 2. The van der Waals surface area contributed by atoms with E-state index in [-0.39, 0.29) is 11.4 Å². The highest BCUT2D eigenvalue weighted by Gasteiger charge is 2.64. The molecule has 2 atom stereocenters. The number of benzene rings is 1. The Bertz CT molecular complexity index is 408. The van der Waals surface area contributed by atoms with Crippen LogP contribution < -0.4 is 5.73 Å². The van der Waals surface area contributed by atoms with Crippen molar-refractivity contribution in [3.63, 3.8) is 0 Å². The maximum absolute atomic E-state index is 13.0. The lowest BCUT2D eigenvalue weighted by Crippen LogP contribution is -2.26. The third-order valence-corrected chi connectivity index (χ3v) is 4.69. The van der Waals surface area contributed by atoms with Crippen LogP contribution in [0.25, 0.3) is 0 Å². The van der Waals surface area contributed by atoms with Gasteiger partial charge in [0.15, 0.2) is 0 Å². The van der Waals surface area contributed by atoms with Gasteiger partial charge in [-0.05, 0) is 42.4 Å². The molecule has 0 heterocycles. The van der Waals surface area contributed by atoms with Gasteiger partial charge in [-0.3, -0.25) is 0 Å². The number of hydrogen-bond acceptors (Lipinski definition) is 1. The molecule has 2 fully saturated rings. The fourth-order valence-electron chi connectivity index (χ4n) is 3.24. The van der Waals surface area contributed by atoms with Crippen LogP contribution >= 0.6 is 15.9 Å². The van der Waals surface area contributed by atoms with E-state index in [1.807, 2.05) is 6.07 Å². The van der Waals surface area contributed by atoms with E-state index in [0.717, 1.165) is 10.0 Å². The van der Waals surface area contributed by atoms with Crippen LogP contribution in [0.2, 0.25) is 0 Å². The van der Waals surface area contributed by atoms with Crippen molar-refractivity contribution >= 4 is 15.9 Å². The second-order valence-corrected chi connectivity index (χ2v) is 5.56. The molecule has 0 spiro atoms. The minimum atomic E-state index is -0.208. The molecule has 0 aromatic heterocycles. The summed E-state index contributed by atoms with van der Waals surface area (Å²) in [7, 11) is 0. The number of rotatable bonds is 1. The highest BCUT2D eigenvalue weighted by Crippen LogP contribution is 2.65. The van der Waals surface area contributed by atoms with Gasteiger partial charge in [0.25, 0.3) is 0 Å². The van der Waals surface area contributed by atoms with E-state index in [2.05, 4.69) is 15.9 Å². The standard InChI is InChI=1S/C12H13BrFN/c13-11-6-7(14)4-5-10(11)12(15)8-2-1-3-9(8)12/h4-6,8-9H,1-3,15H2. The number of fused-ring (bicyclic) bond motifs is 1. The second-order valence-electron chi connectivity index (χ2n) is 4.70. The fraction of sp³-hybridized carbons (Fsp3) is 0.500. The molecule has 1 aromatic rings. The minimum Gasteiger partial charge on any atom is -0.321 e. The molecule has 0 amide bonds. The molecule has 2 aliphatic carbocycles. The Balaban J connectivity index is 2.00. The maximum Gasteiger partial charge on any atom is 0.124 e. The Morgan fingerprint density at radius 3 is 2.60 bits per heavy atom. The lowest BCUT2D eigenvalue weighted by molar-refractivity contribution is 0.523. The van der Waals surface area contributed by atoms with Gasteiger partial charge in [0, 0.05) is 10.0 Å². The quantitative estimate of drug-likeness (QED) is 0.833. The van der Waals surface area contributed by atoms with E-state index >= 15 is 0 Å². The maximum atomic E-state index is 13.0. The van der Waals surface area contributed by atoms with Crippen LogP contribution in [0.3, 0.4) is 0 Å². The van der Waals surface area contributed by atoms with Gasteiger partial charge in [0.05, 0.1) is 0 Å². The summed E-state index contributed by atoms with van der Waals surface area (Å²) in [5.41, 5.74) is 7.32. The van der Waals surface area contributed by atoms with Crippen molar-refractivity contribution in [2.24, 2.45) is 17.6 Å². The molecule has 2 saturated carbocycles. The van der Waals surface area contributed by atoms with Crippen molar-refractivity contribution in [3.05, 3.63) is 34.1 Å². The van der Waals surface area contributed by atoms with Crippen LogP contribution in [-0.4, -0.2) is 0 Å². The highest BCUT2D eigenvalue weighted by molar-refractivity contribution is 9.10. The first-order valence-corrected chi connectivity index (χ1v) is 6.17. The zero-order valence-electron chi connectivity index (χ0n) is 8.34. The van der Waals surface area contributed by atoms with Gasteiger partial charge in [0.1, 0.15) is 5.82 Å². The van der Waals surface area contributed by atoms with Crippen LogP contribution in [0.4, 0.5) is 4.39 Å². The molecule has 0 saturated heterocycles. The smallest absolute Gasteiger partial charge is 0.124 e. The molecule has 0 bridgehead atoms. The van der Waals surface area contributed by atoms with Crippen LogP contribution in [0.15, 0.2) is 22.7 Å². The summed E-state index contributed by atoms with van der Waals surface area (Å²) in [6.45, 7) is 0. The van der Waals surface area contributed by atoms with E-state index in [0.29, 0.717) is 11.8 Å². The first kappa shape index (κ1) is 9.79. The van der Waals surface area contributed by atoms with Gasteiger partial charge < -0.3 is 5.73 Å². The molecular formula is C12H13BrFN. The van der Waals surface area contributed by atoms with E-state index < -0.39 is 0 Å². The molecule has 1 aromatic carbocycles. The average molecular weight is 270 g/mol. The van der Waals surface area contributed by atoms with Gasteiger partial charge >= 0.3 is 0 Å². The molecule has 3 rings (SSSR count). The molecule has 1 nitrogen and oxygen atoms in total. The largest absolute Gasteiger partial charge is 0.321 e. The van der Waals surface area contributed by atoms with Crippen LogP contribution in [-0.2, 0) is 5.54 Å². The fourth-order valence-corrected chi connectivity index (χ4v) is 3.94. The normalized spacial score (nSPS) is 37.8. The Morgan fingerprint density at radius 1 is 1.33 bits per heavy atom. The first-order chi connectivity index (χ1) is 7.14. The second kappa shape index (κ2) is 3.05. The SMILES string of the molecule is NC1(c2ccc(F)cc2Br)C2CCCC21. The van der Waals surface area contributed by atoms with Gasteiger partial charge in [-0.15, -0.1) is 0 Å². The molecule has 2 unspecified atom stereocenters. The summed E-state index contributed by atoms with van der Waals surface area (Å²) >= 11 is 3.41. The summed E-state index contributed by atoms with van der Waals surface area (Å²) < 4.78 is 13.8. The minimum absolute atomic E-state index is 0.176. The predicted octanol–water partition coefficient (Wildman–Crippen LogP) is 3.17. The molecule has 2 N–H and O–H groups in total. The molecule has 0 aliphatic heterocycles. The first-order valence-electron chi connectivity index (χ1n) is 5.38. The summed E-state index contributed by atoms with van der Waals surface area (Å²) in [5.74, 6) is 1.04. The molecule has 15 heavy (non-hydrogen) atoms. The molecule has 80 valence electrons. The molecule has 3 heteroatoms. The van der Waals surface area contributed by atoms with E-state index in [1.54, 1.807) is 0 Å². The molecule has 2 aliphatic rings. The van der Waals surface area contributed by atoms with Crippen molar-refractivity contribution in [2.75, 3.05) is 0 Å². The van der Waals surface area contributed by atoms with Crippen LogP contribution in [0, 0.1) is 17.7 Å². The Labute approximate surface area is 97.0 Å². The van der Waals surface area contributed by atoms with E-state index in [9.17, 15) is 4.39 Å². The van der Waals surface area contributed by atoms with E-state index in [1.165, 1.54) is 31.4 Å². The topological polar surface area (TPSA) is 26.0 Å². The molecular weight excluding hydrogens is 257 g/mol. The zero-order valence-corrected chi connectivity index (χ0v) is 9.93. The lowest BCUT2D eigenvalue weighted by atomic mass is 9.97.